The number of rotatable bonds is 11. The average Bonchev–Trinajstić information content (AvgIpc) is 2.45. The Balaban J connectivity index is 2.13. The molecule has 0 spiro atoms. The van der Waals surface area contributed by atoms with Gasteiger partial charge in [0, 0.05) is 6.54 Å². The van der Waals surface area contributed by atoms with Crippen molar-refractivity contribution < 1.29 is 9.90 Å². The number of nitrogens with zero attached hydrogens (tertiary/aromatic N) is 1. The van der Waals surface area contributed by atoms with E-state index in [1.807, 2.05) is 0 Å². The molecule has 0 aliphatic carbocycles. The second kappa shape index (κ2) is 10.2. The molecule has 0 radical (unpaired) electrons. The summed E-state index contributed by atoms with van der Waals surface area (Å²) in [5.41, 5.74) is 0.830. The van der Waals surface area contributed by atoms with Crippen LogP contribution in [0.5, 0.6) is 0 Å². The molecule has 1 aromatic rings. The van der Waals surface area contributed by atoms with Gasteiger partial charge in [0.2, 0.25) is 0 Å². The molecular formula is C17H28N2O2. The summed E-state index contributed by atoms with van der Waals surface area (Å²) >= 11 is 0. The number of pyridine rings is 1. The first-order chi connectivity index (χ1) is 10.1. The van der Waals surface area contributed by atoms with Gasteiger partial charge in [-0.15, -0.1) is 0 Å². The molecular weight excluding hydrogens is 264 g/mol. The van der Waals surface area contributed by atoms with Crippen molar-refractivity contribution in [3.05, 3.63) is 23.4 Å². The van der Waals surface area contributed by atoms with Crippen LogP contribution in [0.2, 0.25) is 0 Å². The number of unbranched alkanes of at least 4 members (excludes halogenated alkanes) is 7. The third-order valence-corrected chi connectivity index (χ3v) is 3.65. The Kier molecular flexibility index (Phi) is 8.48. The van der Waals surface area contributed by atoms with Gasteiger partial charge in [0.25, 0.3) is 0 Å². The lowest BCUT2D eigenvalue weighted by molar-refractivity contribution is 0.0695. The molecule has 0 aliphatic rings. The number of aromatic nitrogens is 1. The zero-order valence-electron chi connectivity index (χ0n) is 13.3. The minimum absolute atomic E-state index is 0.271. The molecule has 0 amide bonds. The van der Waals surface area contributed by atoms with Gasteiger partial charge in [0.05, 0.1) is 11.3 Å². The predicted molar refractivity (Wildman–Crippen MR) is 87.0 cm³/mol. The van der Waals surface area contributed by atoms with Gasteiger partial charge in [-0.05, 0) is 25.5 Å². The zero-order valence-corrected chi connectivity index (χ0v) is 13.3. The topological polar surface area (TPSA) is 62.2 Å². The number of hydrogen-bond donors (Lipinski definition) is 2. The van der Waals surface area contributed by atoms with Crippen LogP contribution in [0.25, 0.3) is 0 Å². The fourth-order valence-corrected chi connectivity index (χ4v) is 2.36. The minimum atomic E-state index is -0.922. The van der Waals surface area contributed by atoms with Crippen LogP contribution in [-0.4, -0.2) is 22.6 Å². The van der Waals surface area contributed by atoms with Crippen LogP contribution in [-0.2, 0) is 0 Å². The van der Waals surface area contributed by atoms with Crippen molar-refractivity contribution in [2.45, 2.75) is 65.2 Å². The Morgan fingerprint density at radius 2 is 1.71 bits per heavy atom. The van der Waals surface area contributed by atoms with Gasteiger partial charge >= 0.3 is 5.97 Å². The number of hydrogen-bond acceptors (Lipinski definition) is 3. The van der Waals surface area contributed by atoms with E-state index in [1.165, 1.54) is 44.9 Å². The molecule has 0 bridgehead atoms. The number of aromatic carboxylic acids is 1. The van der Waals surface area contributed by atoms with Crippen molar-refractivity contribution in [3.63, 3.8) is 0 Å². The molecule has 1 rings (SSSR count). The van der Waals surface area contributed by atoms with E-state index in [-0.39, 0.29) is 5.56 Å². The summed E-state index contributed by atoms with van der Waals surface area (Å²) in [6, 6.07) is 3.35. The van der Waals surface area contributed by atoms with Crippen molar-refractivity contribution in [2.24, 2.45) is 0 Å². The highest BCUT2D eigenvalue weighted by Crippen LogP contribution is 2.12. The fourth-order valence-electron chi connectivity index (χ4n) is 2.36. The standard InChI is InChI=1S/C17H28N2O2/c1-3-4-5-6-7-8-9-10-13-18-16-12-11-15(17(20)21)14(2)19-16/h11-12H,3-10,13H2,1-2H3,(H,18,19)(H,20,21). The first kappa shape index (κ1) is 17.5. The summed E-state index contributed by atoms with van der Waals surface area (Å²) in [7, 11) is 0. The normalized spacial score (nSPS) is 10.6. The molecule has 4 nitrogen and oxygen atoms in total. The van der Waals surface area contributed by atoms with Crippen LogP contribution in [0, 0.1) is 6.92 Å². The lowest BCUT2D eigenvalue weighted by atomic mass is 10.1. The first-order valence-corrected chi connectivity index (χ1v) is 8.10. The average molecular weight is 292 g/mol. The molecule has 4 heteroatoms. The molecule has 0 saturated heterocycles. The van der Waals surface area contributed by atoms with E-state index < -0.39 is 5.97 Å². The van der Waals surface area contributed by atoms with Crippen LogP contribution in [0.4, 0.5) is 5.82 Å². The summed E-state index contributed by atoms with van der Waals surface area (Å²) in [6.07, 6.45) is 10.4. The molecule has 2 N–H and O–H groups in total. The number of carboxylic acids is 1. The van der Waals surface area contributed by atoms with Crippen molar-refractivity contribution in [1.29, 1.82) is 0 Å². The second-order valence-corrected chi connectivity index (χ2v) is 5.54. The van der Waals surface area contributed by atoms with E-state index in [0.29, 0.717) is 5.69 Å². The smallest absolute Gasteiger partial charge is 0.337 e. The van der Waals surface area contributed by atoms with E-state index in [1.54, 1.807) is 19.1 Å². The maximum absolute atomic E-state index is 10.9. The van der Waals surface area contributed by atoms with E-state index in [0.717, 1.165) is 18.8 Å². The zero-order chi connectivity index (χ0) is 15.5. The van der Waals surface area contributed by atoms with Gasteiger partial charge in [-0.3, -0.25) is 0 Å². The number of anilines is 1. The summed E-state index contributed by atoms with van der Waals surface area (Å²) in [5.74, 6) is -0.157. The van der Waals surface area contributed by atoms with Gasteiger partial charge in [-0.25, -0.2) is 9.78 Å². The number of aryl methyl sites for hydroxylation is 1. The SMILES string of the molecule is CCCCCCCCCCNc1ccc(C(=O)O)c(C)n1. The largest absolute Gasteiger partial charge is 0.478 e. The maximum Gasteiger partial charge on any atom is 0.337 e. The molecule has 0 unspecified atom stereocenters. The van der Waals surface area contributed by atoms with Gasteiger partial charge in [-0.1, -0.05) is 51.9 Å². The van der Waals surface area contributed by atoms with Crippen LogP contribution in [0.3, 0.4) is 0 Å². The molecule has 0 atom stereocenters. The van der Waals surface area contributed by atoms with Crippen LogP contribution < -0.4 is 5.32 Å². The third kappa shape index (κ3) is 7.11. The van der Waals surface area contributed by atoms with E-state index in [4.69, 9.17) is 5.11 Å². The van der Waals surface area contributed by atoms with Crippen molar-refractivity contribution in [3.8, 4) is 0 Å². The van der Waals surface area contributed by atoms with Crippen molar-refractivity contribution in [1.82, 2.24) is 4.98 Å². The second-order valence-electron chi connectivity index (χ2n) is 5.54. The highest BCUT2D eigenvalue weighted by Gasteiger charge is 2.08. The summed E-state index contributed by atoms with van der Waals surface area (Å²) in [5, 5.41) is 12.2. The van der Waals surface area contributed by atoms with Crippen molar-refractivity contribution >= 4 is 11.8 Å². The van der Waals surface area contributed by atoms with Gasteiger partial charge in [0.1, 0.15) is 5.82 Å². The van der Waals surface area contributed by atoms with Crippen LogP contribution in [0.1, 0.15) is 74.3 Å². The monoisotopic (exact) mass is 292 g/mol. The summed E-state index contributed by atoms with van der Waals surface area (Å²) in [4.78, 5) is 15.2. The molecule has 0 aliphatic heterocycles. The molecule has 21 heavy (non-hydrogen) atoms. The minimum Gasteiger partial charge on any atom is -0.478 e. The molecule has 0 fully saturated rings. The fraction of sp³-hybridized carbons (Fsp3) is 0.647. The third-order valence-electron chi connectivity index (χ3n) is 3.65. The Bertz CT molecular complexity index is 433. The molecule has 0 aromatic carbocycles. The Morgan fingerprint density at radius 3 is 2.29 bits per heavy atom. The molecule has 118 valence electrons. The Morgan fingerprint density at radius 1 is 1.10 bits per heavy atom. The van der Waals surface area contributed by atoms with E-state index in [2.05, 4.69) is 17.2 Å². The predicted octanol–water partition coefficient (Wildman–Crippen LogP) is 4.64. The lowest BCUT2D eigenvalue weighted by Gasteiger charge is -2.07. The van der Waals surface area contributed by atoms with Crippen LogP contribution in [0.15, 0.2) is 12.1 Å². The lowest BCUT2D eigenvalue weighted by Crippen LogP contribution is -2.07. The quantitative estimate of drug-likeness (QED) is 0.583. The van der Waals surface area contributed by atoms with Gasteiger partial charge in [-0.2, -0.15) is 0 Å². The van der Waals surface area contributed by atoms with Crippen molar-refractivity contribution in [2.75, 3.05) is 11.9 Å². The molecule has 1 aromatic heterocycles. The summed E-state index contributed by atoms with van der Waals surface area (Å²) in [6.45, 7) is 4.86. The number of carboxylic acid groups (broad SMARTS) is 1. The first-order valence-electron chi connectivity index (χ1n) is 8.10. The Hall–Kier alpha value is -1.58. The van der Waals surface area contributed by atoms with E-state index >= 15 is 0 Å². The maximum atomic E-state index is 10.9. The van der Waals surface area contributed by atoms with E-state index in [9.17, 15) is 4.79 Å². The van der Waals surface area contributed by atoms with Gasteiger partial charge < -0.3 is 10.4 Å². The number of nitrogens with one attached hydrogen (secondary N) is 1. The highest BCUT2D eigenvalue weighted by atomic mass is 16.4. The van der Waals surface area contributed by atoms with Crippen LogP contribution >= 0.6 is 0 Å². The molecule has 0 saturated carbocycles. The number of carbonyl (C=O) groups is 1. The highest BCUT2D eigenvalue weighted by molar-refractivity contribution is 5.89. The van der Waals surface area contributed by atoms with Gasteiger partial charge in [0.15, 0.2) is 0 Å². The Labute approximate surface area is 128 Å². The summed E-state index contributed by atoms with van der Waals surface area (Å²) < 4.78 is 0. The molecule has 1 heterocycles.